The highest BCUT2D eigenvalue weighted by Gasteiger charge is 2.23. The molecule has 4 nitrogen and oxygen atoms in total. The lowest BCUT2D eigenvalue weighted by atomic mass is 10.3. The molecule has 6 heteroatoms. The van der Waals surface area contributed by atoms with E-state index < -0.39 is 10.0 Å². The topological polar surface area (TPSA) is 72.2 Å². The van der Waals surface area contributed by atoms with Crippen LogP contribution >= 0.6 is 11.3 Å². The maximum Gasteiger partial charge on any atom is 0.250 e. The molecular formula is C10H16N2O2S2. The second-order valence-corrected chi connectivity index (χ2v) is 6.93. The van der Waals surface area contributed by atoms with Gasteiger partial charge in [0.15, 0.2) is 0 Å². The minimum Gasteiger partial charge on any atom is -0.326 e. The summed E-state index contributed by atoms with van der Waals surface area (Å²) in [7, 11) is -3.32. The van der Waals surface area contributed by atoms with Crippen molar-refractivity contribution in [1.29, 1.82) is 0 Å². The van der Waals surface area contributed by atoms with Crippen LogP contribution in [0.2, 0.25) is 0 Å². The summed E-state index contributed by atoms with van der Waals surface area (Å²) in [5.41, 5.74) is 6.33. The number of hydrogen-bond acceptors (Lipinski definition) is 4. The lowest BCUT2D eigenvalue weighted by Crippen LogP contribution is -2.32. The van der Waals surface area contributed by atoms with Crippen molar-refractivity contribution in [2.45, 2.75) is 42.5 Å². The number of nitrogens with two attached hydrogens (primary N) is 1. The third-order valence-electron chi connectivity index (χ3n) is 2.81. The molecule has 0 saturated heterocycles. The molecule has 1 fully saturated rings. The SMILES string of the molecule is NCc1csc(S(=O)(=O)NC2CCCC2)c1. The van der Waals surface area contributed by atoms with Crippen LogP contribution < -0.4 is 10.5 Å². The smallest absolute Gasteiger partial charge is 0.250 e. The Balaban J connectivity index is 2.11. The van der Waals surface area contributed by atoms with Gasteiger partial charge in [-0.25, -0.2) is 13.1 Å². The van der Waals surface area contributed by atoms with Gasteiger partial charge in [0.05, 0.1) is 0 Å². The molecule has 0 radical (unpaired) electrons. The third kappa shape index (κ3) is 2.63. The first-order chi connectivity index (χ1) is 7.62. The van der Waals surface area contributed by atoms with Crippen molar-refractivity contribution >= 4 is 21.4 Å². The van der Waals surface area contributed by atoms with Gasteiger partial charge in [-0.3, -0.25) is 0 Å². The van der Waals surface area contributed by atoms with Gasteiger partial charge in [0, 0.05) is 12.6 Å². The maximum absolute atomic E-state index is 12.0. The summed E-state index contributed by atoms with van der Waals surface area (Å²) in [6, 6.07) is 1.77. The molecule has 0 atom stereocenters. The molecule has 2 rings (SSSR count). The summed E-state index contributed by atoms with van der Waals surface area (Å²) in [6.07, 6.45) is 4.14. The molecule has 90 valence electrons. The summed E-state index contributed by atoms with van der Waals surface area (Å²) in [5.74, 6) is 0. The molecule has 0 aromatic carbocycles. The zero-order valence-corrected chi connectivity index (χ0v) is 10.6. The van der Waals surface area contributed by atoms with Gasteiger partial charge in [0.1, 0.15) is 4.21 Å². The lowest BCUT2D eigenvalue weighted by Gasteiger charge is -2.10. The van der Waals surface area contributed by atoms with Crippen LogP contribution in [0.1, 0.15) is 31.2 Å². The Morgan fingerprint density at radius 1 is 1.44 bits per heavy atom. The fraction of sp³-hybridized carbons (Fsp3) is 0.600. The Morgan fingerprint density at radius 2 is 2.12 bits per heavy atom. The van der Waals surface area contributed by atoms with Crippen LogP contribution in [-0.4, -0.2) is 14.5 Å². The number of nitrogens with one attached hydrogen (secondary N) is 1. The van der Waals surface area contributed by atoms with Gasteiger partial charge in [0.25, 0.3) is 0 Å². The summed E-state index contributed by atoms with van der Waals surface area (Å²) < 4.78 is 27.1. The van der Waals surface area contributed by atoms with E-state index in [-0.39, 0.29) is 6.04 Å². The van der Waals surface area contributed by atoms with Gasteiger partial charge in [-0.05, 0) is 29.9 Å². The van der Waals surface area contributed by atoms with Crippen LogP contribution in [0.5, 0.6) is 0 Å². The largest absolute Gasteiger partial charge is 0.326 e. The molecule has 3 N–H and O–H groups in total. The Morgan fingerprint density at radius 3 is 2.69 bits per heavy atom. The van der Waals surface area contributed by atoms with Crippen LogP contribution in [0.3, 0.4) is 0 Å². The van der Waals surface area contributed by atoms with Crippen LogP contribution in [0, 0.1) is 0 Å². The molecule has 1 aliphatic carbocycles. The van der Waals surface area contributed by atoms with E-state index in [0.717, 1.165) is 31.2 Å². The average Bonchev–Trinajstić information content (AvgIpc) is 2.85. The van der Waals surface area contributed by atoms with Crippen LogP contribution in [0.15, 0.2) is 15.7 Å². The van der Waals surface area contributed by atoms with Gasteiger partial charge in [-0.1, -0.05) is 12.8 Å². The zero-order chi connectivity index (χ0) is 11.6. The van der Waals surface area contributed by atoms with Crippen LogP contribution in [0.4, 0.5) is 0 Å². The fourth-order valence-corrected chi connectivity index (χ4v) is 4.47. The van der Waals surface area contributed by atoms with Gasteiger partial charge in [-0.15, -0.1) is 11.3 Å². The van der Waals surface area contributed by atoms with E-state index in [4.69, 9.17) is 5.73 Å². The second kappa shape index (κ2) is 4.83. The molecule has 0 amide bonds. The summed E-state index contributed by atoms with van der Waals surface area (Å²) in [4.78, 5) is 0. The molecule has 0 aliphatic heterocycles. The molecule has 0 spiro atoms. The first-order valence-corrected chi connectivity index (χ1v) is 7.78. The van der Waals surface area contributed by atoms with Crippen molar-refractivity contribution in [3.63, 3.8) is 0 Å². The first kappa shape index (κ1) is 12.0. The summed E-state index contributed by atoms with van der Waals surface area (Å²) in [6.45, 7) is 0.384. The number of hydrogen-bond donors (Lipinski definition) is 2. The van der Waals surface area contributed by atoms with Gasteiger partial charge < -0.3 is 5.73 Å². The molecule has 1 aromatic rings. The fourth-order valence-electron chi connectivity index (χ4n) is 1.92. The van der Waals surface area contributed by atoms with E-state index in [2.05, 4.69) is 4.72 Å². The standard InChI is InChI=1S/C10H16N2O2S2/c11-6-8-5-10(15-7-8)16(13,14)12-9-3-1-2-4-9/h5,7,9,12H,1-4,6,11H2. The minimum atomic E-state index is -3.32. The highest BCUT2D eigenvalue weighted by atomic mass is 32.2. The lowest BCUT2D eigenvalue weighted by molar-refractivity contribution is 0.554. The Bertz CT molecular complexity index is 447. The van der Waals surface area contributed by atoms with Crippen molar-refractivity contribution < 1.29 is 8.42 Å². The van der Waals surface area contributed by atoms with E-state index in [0.29, 0.717) is 10.8 Å². The average molecular weight is 260 g/mol. The number of sulfonamides is 1. The van der Waals surface area contributed by atoms with E-state index in [1.807, 2.05) is 0 Å². The van der Waals surface area contributed by atoms with E-state index in [1.54, 1.807) is 11.4 Å². The van der Waals surface area contributed by atoms with Crippen molar-refractivity contribution in [1.82, 2.24) is 4.72 Å². The van der Waals surface area contributed by atoms with Crippen LogP contribution in [-0.2, 0) is 16.6 Å². The number of thiophene rings is 1. The summed E-state index contributed by atoms with van der Waals surface area (Å²) >= 11 is 1.23. The first-order valence-electron chi connectivity index (χ1n) is 5.41. The van der Waals surface area contributed by atoms with Crippen molar-refractivity contribution in [2.24, 2.45) is 5.73 Å². The number of rotatable bonds is 4. The monoisotopic (exact) mass is 260 g/mol. The predicted octanol–water partition coefficient (Wildman–Crippen LogP) is 1.43. The molecule has 1 heterocycles. The Hall–Kier alpha value is -0.430. The molecule has 16 heavy (non-hydrogen) atoms. The molecule has 1 aliphatic rings. The molecule has 0 unspecified atom stereocenters. The quantitative estimate of drug-likeness (QED) is 0.860. The van der Waals surface area contributed by atoms with E-state index >= 15 is 0 Å². The van der Waals surface area contributed by atoms with Crippen molar-refractivity contribution in [3.8, 4) is 0 Å². The van der Waals surface area contributed by atoms with Gasteiger partial charge >= 0.3 is 0 Å². The molecule has 0 bridgehead atoms. The van der Waals surface area contributed by atoms with E-state index in [9.17, 15) is 8.42 Å². The molecular weight excluding hydrogens is 244 g/mol. The van der Waals surface area contributed by atoms with Crippen LogP contribution in [0.25, 0.3) is 0 Å². The maximum atomic E-state index is 12.0. The zero-order valence-electron chi connectivity index (χ0n) is 8.98. The highest BCUT2D eigenvalue weighted by molar-refractivity contribution is 7.91. The summed E-state index contributed by atoms with van der Waals surface area (Å²) in [5, 5.41) is 1.79. The Kier molecular flexibility index (Phi) is 3.63. The highest BCUT2D eigenvalue weighted by Crippen LogP contribution is 2.23. The predicted molar refractivity (Wildman–Crippen MR) is 64.8 cm³/mol. The van der Waals surface area contributed by atoms with Gasteiger partial charge in [0.2, 0.25) is 10.0 Å². The third-order valence-corrected chi connectivity index (χ3v) is 5.82. The van der Waals surface area contributed by atoms with E-state index in [1.165, 1.54) is 11.3 Å². The molecule has 1 aromatic heterocycles. The second-order valence-electron chi connectivity index (χ2n) is 4.08. The van der Waals surface area contributed by atoms with Crippen molar-refractivity contribution in [2.75, 3.05) is 0 Å². The van der Waals surface area contributed by atoms with Gasteiger partial charge in [-0.2, -0.15) is 0 Å². The van der Waals surface area contributed by atoms with Crippen molar-refractivity contribution in [3.05, 3.63) is 17.0 Å². The normalized spacial score (nSPS) is 18.1. The minimum absolute atomic E-state index is 0.119. The Labute approximate surface area is 99.9 Å². The molecule has 1 saturated carbocycles.